The topological polar surface area (TPSA) is 74.9 Å². The fourth-order valence-electron chi connectivity index (χ4n) is 3.46. The summed E-state index contributed by atoms with van der Waals surface area (Å²) in [5.41, 5.74) is 0.715. The van der Waals surface area contributed by atoms with Crippen molar-refractivity contribution >= 4 is 29.2 Å². The standard InChI is InChI=1S/C18H24BN3O4/c1-17(2)18(3,4)26-19(25-17)13-8-9-14-12(16(13)21-23)11-22(20-14)15-7-5-6-10-24-15/h8-9,11,15H,5-7,10H2,1-4H3. The van der Waals surface area contributed by atoms with Crippen LogP contribution in [0.1, 0.15) is 53.2 Å². The third-order valence-corrected chi connectivity index (χ3v) is 5.76. The van der Waals surface area contributed by atoms with Gasteiger partial charge in [0.15, 0.2) is 0 Å². The molecule has 4 rings (SSSR count). The maximum absolute atomic E-state index is 11.7. The third-order valence-electron chi connectivity index (χ3n) is 5.76. The summed E-state index contributed by atoms with van der Waals surface area (Å²) in [6.45, 7) is 8.67. The molecular formula is C18H24BN3O4. The average Bonchev–Trinajstić information content (AvgIpc) is 3.13. The van der Waals surface area contributed by atoms with Crippen LogP contribution in [0, 0.1) is 4.91 Å². The molecule has 0 N–H and O–H groups in total. The zero-order chi connectivity index (χ0) is 18.5. The molecule has 1 unspecified atom stereocenters. The Bertz CT molecular complexity index is 826. The van der Waals surface area contributed by atoms with Crippen LogP contribution >= 0.6 is 0 Å². The summed E-state index contributed by atoms with van der Waals surface area (Å²) >= 11 is 0. The van der Waals surface area contributed by atoms with Gasteiger partial charge in [-0.2, -0.15) is 5.10 Å². The van der Waals surface area contributed by atoms with Crippen LogP contribution in [-0.2, 0) is 14.0 Å². The Morgan fingerprint density at radius 1 is 1.19 bits per heavy atom. The number of hydrogen-bond donors (Lipinski definition) is 0. The molecule has 0 radical (unpaired) electrons. The quantitative estimate of drug-likeness (QED) is 0.621. The van der Waals surface area contributed by atoms with Crippen LogP contribution in [0.2, 0.25) is 0 Å². The highest BCUT2D eigenvalue weighted by atomic mass is 16.7. The van der Waals surface area contributed by atoms with Crippen LogP contribution in [0.4, 0.5) is 5.69 Å². The van der Waals surface area contributed by atoms with Crippen molar-refractivity contribution in [2.24, 2.45) is 5.18 Å². The molecule has 2 fully saturated rings. The predicted molar refractivity (Wildman–Crippen MR) is 99.7 cm³/mol. The van der Waals surface area contributed by atoms with E-state index in [1.54, 1.807) is 4.68 Å². The van der Waals surface area contributed by atoms with E-state index in [0.29, 0.717) is 22.1 Å². The van der Waals surface area contributed by atoms with E-state index in [1.165, 1.54) is 0 Å². The van der Waals surface area contributed by atoms with Gasteiger partial charge in [0.1, 0.15) is 11.9 Å². The van der Waals surface area contributed by atoms with Gasteiger partial charge < -0.3 is 14.0 Å². The summed E-state index contributed by atoms with van der Waals surface area (Å²) in [6, 6.07) is 3.70. The summed E-state index contributed by atoms with van der Waals surface area (Å²) in [4.78, 5) is 11.7. The molecule has 8 heteroatoms. The molecule has 2 aliphatic rings. The zero-order valence-electron chi connectivity index (χ0n) is 15.7. The fraction of sp³-hybridized carbons (Fsp3) is 0.611. The molecular weight excluding hydrogens is 333 g/mol. The van der Waals surface area contributed by atoms with E-state index >= 15 is 0 Å². The lowest BCUT2D eigenvalue weighted by Gasteiger charge is -2.32. The molecule has 26 heavy (non-hydrogen) atoms. The second-order valence-corrected chi connectivity index (χ2v) is 8.05. The second kappa shape index (κ2) is 6.15. The van der Waals surface area contributed by atoms with Crippen LogP contribution in [0.5, 0.6) is 0 Å². The molecule has 0 aliphatic carbocycles. The van der Waals surface area contributed by atoms with Gasteiger partial charge in [-0.3, -0.25) is 0 Å². The van der Waals surface area contributed by atoms with Crippen LogP contribution < -0.4 is 5.46 Å². The molecule has 0 saturated carbocycles. The average molecular weight is 357 g/mol. The summed E-state index contributed by atoms with van der Waals surface area (Å²) in [6.07, 6.45) is 4.86. The Balaban J connectivity index is 1.74. The first kappa shape index (κ1) is 17.6. The first-order valence-corrected chi connectivity index (χ1v) is 9.15. The van der Waals surface area contributed by atoms with Crippen LogP contribution in [0.25, 0.3) is 10.9 Å². The number of hydrogen-bond acceptors (Lipinski definition) is 6. The van der Waals surface area contributed by atoms with Crippen molar-refractivity contribution in [3.8, 4) is 0 Å². The smallest absolute Gasteiger partial charge is 0.399 e. The number of fused-ring (bicyclic) bond motifs is 1. The molecule has 0 spiro atoms. The highest BCUT2D eigenvalue weighted by molar-refractivity contribution is 6.64. The summed E-state index contributed by atoms with van der Waals surface area (Å²) in [5.74, 6) is 0. The number of benzene rings is 1. The number of nitroso groups, excluding NO2 is 1. The van der Waals surface area contributed by atoms with Gasteiger partial charge in [0.2, 0.25) is 0 Å². The summed E-state index contributed by atoms with van der Waals surface area (Å²) in [7, 11) is -0.633. The van der Waals surface area contributed by atoms with E-state index in [1.807, 2.05) is 46.0 Å². The maximum Gasteiger partial charge on any atom is 0.497 e. The minimum atomic E-state index is -0.633. The van der Waals surface area contributed by atoms with Gasteiger partial charge in [-0.05, 0) is 58.2 Å². The first-order chi connectivity index (χ1) is 12.3. The lowest BCUT2D eigenvalue weighted by Crippen LogP contribution is -2.41. The van der Waals surface area contributed by atoms with Gasteiger partial charge in [0, 0.05) is 23.7 Å². The van der Waals surface area contributed by atoms with Gasteiger partial charge in [-0.25, -0.2) is 4.68 Å². The van der Waals surface area contributed by atoms with E-state index in [4.69, 9.17) is 14.0 Å². The highest BCUT2D eigenvalue weighted by Crippen LogP contribution is 2.38. The van der Waals surface area contributed by atoms with Crippen molar-refractivity contribution < 1.29 is 14.0 Å². The Labute approximate surface area is 153 Å². The number of nitrogens with zero attached hydrogens (tertiary/aromatic N) is 3. The number of aromatic nitrogens is 2. The van der Waals surface area contributed by atoms with Crippen LogP contribution in [0.3, 0.4) is 0 Å². The Kier molecular flexibility index (Phi) is 4.17. The molecule has 2 aliphatic heterocycles. The van der Waals surface area contributed by atoms with E-state index in [0.717, 1.165) is 25.9 Å². The lowest BCUT2D eigenvalue weighted by atomic mass is 9.77. The summed E-state index contributed by atoms with van der Waals surface area (Å²) < 4.78 is 19.8. The van der Waals surface area contributed by atoms with Crippen molar-refractivity contribution in [1.82, 2.24) is 9.78 Å². The van der Waals surface area contributed by atoms with Crippen molar-refractivity contribution in [1.29, 1.82) is 0 Å². The Morgan fingerprint density at radius 3 is 2.54 bits per heavy atom. The summed E-state index contributed by atoms with van der Waals surface area (Å²) in [5, 5.41) is 8.57. The molecule has 3 heterocycles. The van der Waals surface area contributed by atoms with Crippen molar-refractivity contribution in [3.05, 3.63) is 23.2 Å². The zero-order valence-corrected chi connectivity index (χ0v) is 15.7. The van der Waals surface area contributed by atoms with Crippen molar-refractivity contribution in [2.45, 2.75) is 64.4 Å². The van der Waals surface area contributed by atoms with Gasteiger partial charge >= 0.3 is 7.12 Å². The predicted octanol–water partition coefficient (Wildman–Crippen LogP) is 3.43. The molecule has 7 nitrogen and oxygen atoms in total. The normalized spacial score (nSPS) is 24.9. The number of rotatable bonds is 3. The molecule has 138 valence electrons. The van der Waals surface area contributed by atoms with E-state index in [2.05, 4.69) is 10.3 Å². The maximum atomic E-state index is 11.7. The Morgan fingerprint density at radius 2 is 1.92 bits per heavy atom. The monoisotopic (exact) mass is 357 g/mol. The lowest BCUT2D eigenvalue weighted by molar-refractivity contribution is -0.0390. The van der Waals surface area contributed by atoms with Crippen molar-refractivity contribution in [2.75, 3.05) is 6.61 Å². The van der Waals surface area contributed by atoms with Gasteiger partial charge in [0.05, 0.1) is 16.7 Å². The van der Waals surface area contributed by atoms with E-state index in [9.17, 15) is 4.91 Å². The highest BCUT2D eigenvalue weighted by Gasteiger charge is 2.52. The minimum absolute atomic E-state index is 0.0871. The Hall–Kier alpha value is -1.77. The molecule has 1 aromatic carbocycles. The largest absolute Gasteiger partial charge is 0.497 e. The van der Waals surface area contributed by atoms with Crippen LogP contribution in [0.15, 0.2) is 23.5 Å². The molecule has 0 amide bonds. The van der Waals surface area contributed by atoms with E-state index < -0.39 is 18.3 Å². The second-order valence-electron chi connectivity index (χ2n) is 8.05. The molecule has 2 saturated heterocycles. The van der Waals surface area contributed by atoms with Gasteiger partial charge in [0.25, 0.3) is 0 Å². The van der Waals surface area contributed by atoms with Crippen molar-refractivity contribution in [3.63, 3.8) is 0 Å². The van der Waals surface area contributed by atoms with E-state index in [-0.39, 0.29) is 6.23 Å². The first-order valence-electron chi connectivity index (χ1n) is 9.15. The molecule has 2 aromatic rings. The van der Waals surface area contributed by atoms with Gasteiger partial charge in [-0.1, -0.05) is 6.07 Å². The fourth-order valence-corrected chi connectivity index (χ4v) is 3.46. The third kappa shape index (κ3) is 2.76. The molecule has 1 aromatic heterocycles. The molecule has 0 bridgehead atoms. The van der Waals surface area contributed by atoms with Gasteiger partial charge in [-0.15, -0.1) is 4.91 Å². The van der Waals surface area contributed by atoms with Crippen LogP contribution in [-0.4, -0.2) is 34.7 Å². The number of ether oxygens (including phenoxy) is 1. The minimum Gasteiger partial charge on any atom is -0.399 e. The SMILES string of the molecule is CC1(C)OB(c2ccc3nn(C4CCCCO4)cc3c2N=O)OC1(C)C. The molecule has 1 atom stereocenters.